The van der Waals surface area contributed by atoms with Gasteiger partial charge in [-0.25, -0.2) is 0 Å². The number of carbonyl (C=O) groups is 2. The Morgan fingerprint density at radius 1 is 1.14 bits per heavy atom. The van der Waals surface area contributed by atoms with Gasteiger partial charge in [0.2, 0.25) is 0 Å². The van der Waals surface area contributed by atoms with Gasteiger partial charge in [-0.15, -0.1) is 0 Å². The molecule has 0 spiro atoms. The Kier molecular flexibility index (Phi) is 8.90. The van der Waals surface area contributed by atoms with Gasteiger partial charge in [-0.05, 0) is 51.2 Å². The predicted molar refractivity (Wildman–Crippen MR) is 108 cm³/mol. The van der Waals surface area contributed by atoms with Crippen molar-refractivity contribution in [2.75, 3.05) is 32.9 Å². The van der Waals surface area contributed by atoms with Crippen molar-refractivity contribution in [3.8, 4) is 11.5 Å². The van der Waals surface area contributed by atoms with Gasteiger partial charge >= 0.3 is 5.97 Å². The summed E-state index contributed by atoms with van der Waals surface area (Å²) in [6.45, 7) is 7.88. The van der Waals surface area contributed by atoms with Crippen molar-refractivity contribution in [1.82, 2.24) is 4.90 Å². The number of rotatable bonds is 12. The molecule has 1 aliphatic carbocycles. The highest BCUT2D eigenvalue weighted by molar-refractivity contribution is 6.32. The predicted octanol–water partition coefficient (Wildman–Crippen LogP) is 4.33. The maximum absolute atomic E-state index is 13.1. The number of carbonyl (C=O) groups excluding carboxylic acids is 2. The lowest BCUT2D eigenvalue weighted by Crippen LogP contribution is -2.35. The summed E-state index contributed by atoms with van der Waals surface area (Å²) in [4.78, 5) is 26.6. The van der Waals surface area contributed by atoms with E-state index in [0.717, 1.165) is 19.3 Å². The zero-order valence-electron chi connectivity index (χ0n) is 17.0. The summed E-state index contributed by atoms with van der Waals surface area (Å²) in [5.41, 5.74) is 0.432. The minimum Gasteiger partial charge on any atom is -0.490 e. The molecule has 28 heavy (non-hydrogen) atoms. The van der Waals surface area contributed by atoms with Crippen molar-refractivity contribution in [2.24, 2.45) is 5.92 Å². The molecule has 1 saturated carbocycles. The number of hydrogen-bond donors (Lipinski definition) is 0. The highest BCUT2D eigenvalue weighted by atomic mass is 35.5. The van der Waals surface area contributed by atoms with Crippen LogP contribution in [0.15, 0.2) is 12.1 Å². The molecule has 0 aromatic heterocycles. The van der Waals surface area contributed by atoms with Gasteiger partial charge in [0.15, 0.2) is 11.5 Å². The van der Waals surface area contributed by atoms with Gasteiger partial charge in [0, 0.05) is 18.7 Å². The lowest BCUT2D eigenvalue weighted by atomic mass is 10.1. The normalized spacial score (nSPS) is 13.1. The minimum absolute atomic E-state index is 0.166. The lowest BCUT2D eigenvalue weighted by molar-refractivity contribution is -0.143. The number of halogens is 1. The summed E-state index contributed by atoms with van der Waals surface area (Å²) in [6, 6.07) is 3.29. The average molecular weight is 412 g/mol. The van der Waals surface area contributed by atoms with E-state index < -0.39 is 0 Å². The van der Waals surface area contributed by atoms with Crippen molar-refractivity contribution in [1.29, 1.82) is 0 Å². The van der Waals surface area contributed by atoms with Crippen LogP contribution < -0.4 is 9.47 Å². The molecular weight excluding hydrogens is 382 g/mol. The molecule has 0 atom stereocenters. The third kappa shape index (κ3) is 6.59. The van der Waals surface area contributed by atoms with Crippen LogP contribution in [0.2, 0.25) is 5.02 Å². The van der Waals surface area contributed by atoms with Gasteiger partial charge in [-0.3, -0.25) is 9.59 Å². The van der Waals surface area contributed by atoms with E-state index in [1.165, 1.54) is 0 Å². The van der Waals surface area contributed by atoms with Crippen LogP contribution in [-0.2, 0) is 9.53 Å². The van der Waals surface area contributed by atoms with Crippen LogP contribution in [-0.4, -0.2) is 49.7 Å². The number of amides is 1. The number of esters is 1. The summed E-state index contributed by atoms with van der Waals surface area (Å²) < 4.78 is 16.3. The third-order valence-electron chi connectivity index (χ3n) is 4.36. The summed E-state index contributed by atoms with van der Waals surface area (Å²) in [6.07, 6.45) is 3.23. The van der Waals surface area contributed by atoms with Crippen LogP contribution in [0.4, 0.5) is 0 Å². The van der Waals surface area contributed by atoms with Crippen LogP contribution in [0, 0.1) is 5.92 Å². The highest BCUT2D eigenvalue weighted by Gasteiger charge is 2.28. The maximum atomic E-state index is 13.1. The van der Waals surface area contributed by atoms with E-state index >= 15 is 0 Å². The number of hydrogen-bond acceptors (Lipinski definition) is 5. The van der Waals surface area contributed by atoms with Crippen molar-refractivity contribution in [2.45, 2.75) is 46.5 Å². The smallest absolute Gasteiger partial charge is 0.307 e. The van der Waals surface area contributed by atoms with E-state index in [-0.39, 0.29) is 18.3 Å². The standard InChI is InChI=1S/C21H30ClNO5/c1-4-11-28-20-17(22)12-16(13-18(20)26-5-2)21(25)23(14-15-7-8-15)10-9-19(24)27-6-3/h12-13,15H,4-11,14H2,1-3H3. The molecular formula is C21H30ClNO5. The van der Waals surface area contributed by atoms with Gasteiger partial charge in [0.25, 0.3) is 5.91 Å². The molecule has 156 valence electrons. The second-order valence-electron chi connectivity index (χ2n) is 6.82. The van der Waals surface area contributed by atoms with Crippen LogP contribution in [0.5, 0.6) is 11.5 Å². The van der Waals surface area contributed by atoms with Gasteiger partial charge < -0.3 is 19.1 Å². The summed E-state index contributed by atoms with van der Waals surface area (Å²) in [5, 5.41) is 0.347. The van der Waals surface area contributed by atoms with E-state index in [1.54, 1.807) is 24.0 Å². The minimum atomic E-state index is -0.299. The molecule has 1 fully saturated rings. The molecule has 1 amide bonds. The van der Waals surface area contributed by atoms with Crippen molar-refractivity contribution in [3.05, 3.63) is 22.7 Å². The van der Waals surface area contributed by atoms with Crippen molar-refractivity contribution < 1.29 is 23.8 Å². The Hall–Kier alpha value is -1.95. The molecule has 0 aliphatic heterocycles. The summed E-state index contributed by atoms with van der Waals surface area (Å²) >= 11 is 6.39. The second kappa shape index (κ2) is 11.1. The number of benzene rings is 1. The molecule has 1 aliphatic rings. The van der Waals surface area contributed by atoms with E-state index in [2.05, 4.69) is 0 Å². The molecule has 0 saturated heterocycles. The highest BCUT2D eigenvalue weighted by Crippen LogP contribution is 2.37. The molecule has 2 rings (SSSR count). The summed E-state index contributed by atoms with van der Waals surface area (Å²) in [5.74, 6) is 0.958. The topological polar surface area (TPSA) is 65.1 Å². The molecule has 0 bridgehead atoms. The van der Waals surface area contributed by atoms with Crippen LogP contribution in [0.25, 0.3) is 0 Å². The van der Waals surface area contributed by atoms with Gasteiger partial charge in [0.05, 0.1) is 31.3 Å². The first-order valence-corrected chi connectivity index (χ1v) is 10.4. The van der Waals surface area contributed by atoms with E-state index in [4.69, 9.17) is 25.8 Å². The zero-order chi connectivity index (χ0) is 20.5. The largest absolute Gasteiger partial charge is 0.490 e. The van der Waals surface area contributed by atoms with Crippen LogP contribution in [0.1, 0.15) is 56.8 Å². The Balaban J connectivity index is 2.20. The first-order chi connectivity index (χ1) is 13.5. The number of ether oxygens (including phenoxy) is 3. The van der Waals surface area contributed by atoms with E-state index in [9.17, 15) is 9.59 Å². The van der Waals surface area contributed by atoms with Gasteiger partial charge in [-0.1, -0.05) is 18.5 Å². The van der Waals surface area contributed by atoms with Crippen molar-refractivity contribution in [3.63, 3.8) is 0 Å². The molecule has 0 heterocycles. The molecule has 1 aromatic rings. The first-order valence-electron chi connectivity index (χ1n) is 10.0. The molecule has 1 aromatic carbocycles. The molecule has 7 heteroatoms. The Labute approximate surface area is 172 Å². The Morgan fingerprint density at radius 2 is 1.89 bits per heavy atom. The van der Waals surface area contributed by atoms with Gasteiger partial charge in [0.1, 0.15) is 0 Å². The second-order valence-corrected chi connectivity index (χ2v) is 7.22. The van der Waals surface area contributed by atoms with Crippen molar-refractivity contribution >= 4 is 23.5 Å². The SMILES string of the molecule is CCCOc1c(Cl)cc(C(=O)N(CCC(=O)OCC)CC2CC2)cc1OCC. The monoisotopic (exact) mass is 411 g/mol. The molecule has 6 nitrogen and oxygen atoms in total. The summed E-state index contributed by atoms with van der Waals surface area (Å²) in [7, 11) is 0. The van der Waals surface area contributed by atoms with E-state index in [1.807, 2.05) is 13.8 Å². The molecule has 0 N–H and O–H groups in total. The first kappa shape index (κ1) is 22.3. The Morgan fingerprint density at radius 3 is 2.50 bits per heavy atom. The van der Waals surface area contributed by atoms with Crippen LogP contribution >= 0.6 is 11.6 Å². The lowest BCUT2D eigenvalue weighted by Gasteiger charge is -2.23. The fraction of sp³-hybridized carbons (Fsp3) is 0.619. The molecule has 0 unspecified atom stereocenters. The third-order valence-corrected chi connectivity index (χ3v) is 4.64. The average Bonchev–Trinajstić information content (AvgIpc) is 3.48. The van der Waals surface area contributed by atoms with E-state index in [0.29, 0.717) is 60.9 Å². The fourth-order valence-corrected chi connectivity index (χ4v) is 3.09. The molecule has 0 radical (unpaired) electrons. The quantitative estimate of drug-likeness (QED) is 0.479. The van der Waals surface area contributed by atoms with Crippen LogP contribution in [0.3, 0.4) is 0 Å². The van der Waals surface area contributed by atoms with Gasteiger partial charge in [-0.2, -0.15) is 0 Å². The number of nitrogens with zero attached hydrogens (tertiary/aromatic N) is 1. The fourth-order valence-electron chi connectivity index (χ4n) is 2.83. The maximum Gasteiger partial charge on any atom is 0.307 e. The zero-order valence-corrected chi connectivity index (χ0v) is 17.7. The Bertz CT molecular complexity index is 675.